The molecule has 0 aliphatic rings. The number of rotatable bonds is 1. The van der Waals surface area contributed by atoms with Crippen molar-refractivity contribution in [1.29, 1.82) is 0 Å². The third-order valence-electron chi connectivity index (χ3n) is 4.15. The molecule has 0 bridgehead atoms. The van der Waals surface area contributed by atoms with Crippen LogP contribution in [0.4, 0.5) is 0 Å². The Bertz CT molecular complexity index is 1190. The summed E-state index contributed by atoms with van der Waals surface area (Å²) in [6.07, 6.45) is 1.75. The quantitative estimate of drug-likeness (QED) is 0.438. The van der Waals surface area contributed by atoms with Crippen molar-refractivity contribution in [2.24, 2.45) is 0 Å². The van der Waals surface area contributed by atoms with Gasteiger partial charge in [-0.15, -0.1) is 0 Å². The van der Waals surface area contributed by atoms with Gasteiger partial charge in [0.25, 0.3) is 5.01 Å². The Labute approximate surface area is 175 Å². The van der Waals surface area contributed by atoms with E-state index in [2.05, 4.69) is 16.0 Å². The molecule has 3 aromatic carbocycles. The number of benzene rings is 3. The molecule has 4 N–H and O–H groups in total. The Morgan fingerprint density at radius 3 is 2.31 bits per heavy atom. The van der Waals surface area contributed by atoms with Crippen LogP contribution in [-0.2, 0) is 0 Å². The van der Waals surface area contributed by atoms with Gasteiger partial charge in [-0.05, 0) is 36.1 Å². The fourth-order valence-electron chi connectivity index (χ4n) is 2.83. The van der Waals surface area contributed by atoms with E-state index >= 15 is 0 Å². The average Bonchev–Trinajstić information content (AvgIpc) is 3.13. The number of para-hydroxylation sites is 3. The monoisotopic (exact) mass is 399 g/mol. The Hall–Kier alpha value is -3.31. The molecule has 0 saturated carbocycles. The van der Waals surface area contributed by atoms with E-state index in [1.807, 2.05) is 54.6 Å². The zero-order chi connectivity index (χ0) is 18.6. The summed E-state index contributed by atoms with van der Waals surface area (Å²) in [5.41, 5.74) is 2.63. The first-order chi connectivity index (χ1) is 13.2. The van der Waals surface area contributed by atoms with Gasteiger partial charge in [-0.2, -0.15) is 4.98 Å². The SMILES string of the molecule is Oc1ccccc1-c1[nH+]c2ccccc2s1.[Be+2].[O-]c1cccc2ccc[nH+]c12.[OH-]. The number of thiazole rings is 1. The zero-order valence-corrected chi connectivity index (χ0v) is 16.3. The van der Waals surface area contributed by atoms with Gasteiger partial charge in [-0.25, -0.2) is 4.98 Å². The number of phenols is 1. The Morgan fingerprint density at radius 1 is 0.828 bits per heavy atom. The number of aromatic hydroxyl groups is 1. The maximum atomic E-state index is 11.1. The molecule has 29 heavy (non-hydrogen) atoms. The summed E-state index contributed by atoms with van der Waals surface area (Å²) in [5.74, 6) is 0.355. The summed E-state index contributed by atoms with van der Waals surface area (Å²) in [4.78, 5) is 6.22. The first-order valence-electron chi connectivity index (χ1n) is 8.48. The van der Waals surface area contributed by atoms with Gasteiger partial charge in [0.15, 0.2) is 6.20 Å². The largest absolute Gasteiger partial charge is 2.00 e. The maximum Gasteiger partial charge on any atom is 2.00 e. The molecule has 0 unspecified atom stereocenters. The second-order valence-corrected chi connectivity index (χ2v) is 7.01. The number of hydrogen-bond acceptors (Lipinski definition) is 4. The van der Waals surface area contributed by atoms with Crippen molar-refractivity contribution in [1.82, 2.24) is 0 Å². The second-order valence-electron chi connectivity index (χ2n) is 5.96. The molecule has 0 aliphatic carbocycles. The zero-order valence-electron chi connectivity index (χ0n) is 15.5. The molecule has 140 valence electrons. The van der Waals surface area contributed by atoms with Crippen LogP contribution in [0.3, 0.4) is 0 Å². The van der Waals surface area contributed by atoms with Gasteiger partial charge in [0, 0.05) is 17.5 Å². The van der Waals surface area contributed by atoms with Crippen molar-refractivity contribution < 1.29 is 25.7 Å². The molecule has 5 nitrogen and oxygen atoms in total. The fraction of sp³-hybridized carbons (Fsp3) is 0. The van der Waals surface area contributed by atoms with Crippen LogP contribution in [0.5, 0.6) is 11.5 Å². The topological polar surface area (TPSA) is 102 Å². The van der Waals surface area contributed by atoms with Crippen molar-refractivity contribution in [3.8, 4) is 22.1 Å². The van der Waals surface area contributed by atoms with E-state index in [4.69, 9.17) is 0 Å². The van der Waals surface area contributed by atoms with Crippen molar-refractivity contribution >= 4 is 42.6 Å². The van der Waals surface area contributed by atoms with E-state index < -0.39 is 0 Å². The summed E-state index contributed by atoms with van der Waals surface area (Å²) >= 11 is 1.65. The predicted octanol–water partition coefficient (Wildman–Crippen LogP) is 3.26. The molecule has 5 rings (SSSR count). The standard InChI is InChI=1S/C13H9NOS.C9H7NO.Be.H2O/c15-11-7-3-1-5-9(11)13-14-10-6-2-4-8-12(10)16-13;11-8-5-1-3-7-4-2-6-10-9(7)8;;/h1-8,15H;1-6,11H;;1H2/q;;+2;. The Kier molecular flexibility index (Phi) is 7.39. The van der Waals surface area contributed by atoms with Crippen LogP contribution >= 0.6 is 11.3 Å². The summed E-state index contributed by atoms with van der Waals surface area (Å²) in [6.45, 7) is 0. The van der Waals surface area contributed by atoms with E-state index in [0.717, 1.165) is 21.5 Å². The molecule has 0 radical (unpaired) electrons. The number of phenolic OH excluding ortho intramolecular Hbond substituents is 1. The molecule has 0 aliphatic heterocycles. The molecule has 0 saturated heterocycles. The van der Waals surface area contributed by atoms with E-state index in [-0.39, 0.29) is 21.3 Å². The molecule has 5 aromatic rings. The molecular weight excluding hydrogens is 381 g/mol. The molecular formula is C22H18BeN2O3S+2. The smallest absolute Gasteiger partial charge is 0.870 e. The minimum atomic E-state index is 0. The maximum absolute atomic E-state index is 11.1. The number of H-pyrrole nitrogens is 2. The summed E-state index contributed by atoms with van der Waals surface area (Å²) in [6, 6.07) is 24.5. The van der Waals surface area contributed by atoms with Crippen LogP contribution in [0.2, 0.25) is 0 Å². The van der Waals surface area contributed by atoms with E-state index in [1.165, 1.54) is 4.70 Å². The van der Waals surface area contributed by atoms with Crippen molar-refractivity contribution in [3.63, 3.8) is 0 Å². The van der Waals surface area contributed by atoms with Crippen molar-refractivity contribution in [2.75, 3.05) is 0 Å². The minimum absolute atomic E-state index is 0. The van der Waals surface area contributed by atoms with Crippen LogP contribution in [0, 0.1) is 0 Å². The van der Waals surface area contributed by atoms with E-state index in [1.54, 1.807) is 35.7 Å². The van der Waals surface area contributed by atoms with Gasteiger partial charge in [0.2, 0.25) is 11.0 Å². The van der Waals surface area contributed by atoms with E-state index in [0.29, 0.717) is 11.3 Å². The molecule has 2 aromatic heterocycles. The second kappa shape index (κ2) is 9.75. The number of pyridine rings is 1. The summed E-state index contributed by atoms with van der Waals surface area (Å²) < 4.78 is 1.20. The van der Waals surface area contributed by atoms with E-state index in [9.17, 15) is 10.2 Å². The van der Waals surface area contributed by atoms with Gasteiger partial charge in [-0.1, -0.05) is 47.7 Å². The summed E-state index contributed by atoms with van der Waals surface area (Å²) in [7, 11) is 0. The number of aromatic amines is 2. The minimum Gasteiger partial charge on any atom is -0.870 e. The van der Waals surface area contributed by atoms with Crippen LogP contribution in [0.1, 0.15) is 0 Å². The average molecular weight is 399 g/mol. The molecule has 0 spiro atoms. The normalized spacial score (nSPS) is 9.79. The Morgan fingerprint density at radius 2 is 1.55 bits per heavy atom. The van der Waals surface area contributed by atoms with Gasteiger partial charge in [0.1, 0.15) is 10.4 Å². The van der Waals surface area contributed by atoms with Gasteiger partial charge >= 0.3 is 10.1 Å². The van der Waals surface area contributed by atoms with Crippen LogP contribution < -0.4 is 15.1 Å². The van der Waals surface area contributed by atoms with Crippen LogP contribution in [0.25, 0.3) is 31.7 Å². The first kappa shape index (κ1) is 22.0. The molecule has 2 heterocycles. The van der Waals surface area contributed by atoms with Crippen LogP contribution in [0.15, 0.2) is 85.1 Å². The van der Waals surface area contributed by atoms with Gasteiger partial charge < -0.3 is 15.7 Å². The Balaban J connectivity index is 0.000000205. The predicted molar refractivity (Wildman–Crippen MR) is 113 cm³/mol. The molecule has 0 fully saturated rings. The van der Waals surface area contributed by atoms with Crippen molar-refractivity contribution in [3.05, 3.63) is 85.1 Å². The first-order valence-corrected chi connectivity index (χ1v) is 9.30. The van der Waals surface area contributed by atoms with Crippen molar-refractivity contribution in [2.45, 2.75) is 0 Å². The van der Waals surface area contributed by atoms with Gasteiger partial charge in [-0.3, -0.25) is 0 Å². The van der Waals surface area contributed by atoms with Crippen LogP contribution in [-0.4, -0.2) is 20.7 Å². The molecule has 0 atom stereocenters. The number of fused-ring (bicyclic) bond motifs is 2. The fourth-order valence-corrected chi connectivity index (χ4v) is 3.87. The number of hydrogen-bond donors (Lipinski definition) is 1. The number of aromatic nitrogens is 2. The molecule has 0 amide bonds. The third-order valence-corrected chi connectivity index (χ3v) is 5.26. The third kappa shape index (κ3) is 4.76. The summed E-state index contributed by atoms with van der Waals surface area (Å²) in [5, 5.41) is 22.9. The number of nitrogens with one attached hydrogen (secondary N) is 2. The molecule has 7 heteroatoms. The van der Waals surface area contributed by atoms with Gasteiger partial charge in [0.05, 0.1) is 5.56 Å².